The number of nitrogens with two attached hydrogens (primary N) is 1. The summed E-state index contributed by atoms with van der Waals surface area (Å²) in [5.74, 6) is 0. The molecule has 1 aromatic carbocycles. The van der Waals surface area contributed by atoms with Gasteiger partial charge >= 0.3 is 6.18 Å². The number of nitrogen functional groups attached to an aromatic ring is 1. The topological polar surface area (TPSA) is 88.3 Å². The second-order valence-electron chi connectivity index (χ2n) is 5.60. The zero-order chi connectivity index (χ0) is 18.8. The van der Waals surface area contributed by atoms with Gasteiger partial charge in [-0.25, -0.2) is 8.42 Å². The maximum atomic E-state index is 12.9. The van der Waals surface area contributed by atoms with Crippen molar-refractivity contribution in [3.8, 4) is 11.1 Å². The van der Waals surface area contributed by atoms with Gasteiger partial charge in [-0.2, -0.15) is 17.9 Å². The number of alkyl halides is 3. The number of anilines is 1. The highest BCUT2D eigenvalue weighted by atomic mass is 32.2. The quantitative estimate of drug-likeness (QED) is 0.618. The Balaban J connectivity index is 2.57. The fraction of sp³-hybridized carbons (Fsp3) is 0.267. The number of sulfonamides is 1. The van der Waals surface area contributed by atoms with Crippen molar-refractivity contribution >= 4 is 15.7 Å². The Hall–Kier alpha value is -2.17. The van der Waals surface area contributed by atoms with Crippen molar-refractivity contribution in [3.05, 3.63) is 42.2 Å². The summed E-state index contributed by atoms with van der Waals surface area (Å²) in [7, 11) is -0.653. The van der Waals surface area contributed by atoms with Crippen LogP contribution in [0.3, 0.4) is 0 Å². The number of rotatable bonds is 5. The first-order valence-electron chi connectivity index (χ1n) is 7.07. The second kappa shape index (κ2) is 6.98. The lowest BCUT2D eigenvalue weighted by atomic mass is 10.1. The van der Waals surface area contributed by atoms with E-state index in [0.717, 1.165) is 6.07 Å². The highest BCUT2D eigenvalue weighted by Crippen LogP contribution is 2.34. The Morgan fingerprint density at radius 2 is 1.88 bits per heavy atom. The summed E-state index contributed by atoms with van der Waals surface area (Å²) in [5, 5.41) is 0. The van der Waals surface area contributed by atoms with Crippen molar-refractivity contribution in [3.63, 3.8) is 0 Å². The van der Waals surface area contributed by atoms with E-state index in [-0.39, 0.29) is 28.4 Å². The van der Waals surface area contributed by atoms with Crippen LogP contribution in [0.25, 0.3) is 11.1 Å². The Morgan fingerprint density at radius 3 is 2.48 bits per heavy atom. The molecule has 136 valence electrons. The molecule has 0 amide bonds. The molecule has 10 heteroatoms. The Morgan fingerprint density at radius 1 is 1.20 bits per heavy atom. The lowest BCUT2D eigenvalue weighted by Crippen LogP contribution is -2.33. The molecule has 0 aliphatic carbocycles. The summed E-state index contributed by atoms with van der Waals surface area (Å²) in [5.41, 5.74) is 4.98. The molecule has 1 heterocycles. The first kappa shape index (κ1) is 19.2. The van der Waals surface area contributed by atoms with E-state index in [1.54, 1.807) is 19.0 Å². The van der Waals surface area contributed by atoms with Gasteiger partial charge in [-0.15, -0.1) is 0 Å². The largest absolute Gasteiger partial charge is 0.417 e. The van der Waals surface area contributed by atoms with Gasteiger partial charge in [-0.3, -0.25) is 9.88 Å². The molecular formula is C15H17F3N4O2S. The summed E-state index contributed by atoms with van der Waals surface area (Å²) < 4.78 is 66.1. The number of pyridine rings is 1. The minimum Gasteiger partial charge on any atom is -0.399 e. The van der Waals surface area contributed by atoms with Crippen LogP contribution in [0.5, 0.6) is 0 Å². The zero-order valence-corrected chi connectivity index (χ0v) is 14.3. The van der Waals surface area contributed by atoms with Crippen molar-refractivity contribution in [1.82, 2.24) is 14.6 Å². The van der Waals surface area contributed by atoms with Crippen LogP contribution in [0.1, 0.15) is 5.56 Å². The normalized spacial score (nSPS) is 12.6. The average molecular weight is 374 g/mol. The van der Waals surface area contributed by atoms with Crippen molar-refractivity contribution in [2.45, 2.75) is 11.1 Å². The molecule has 0 aliphatic rings. The third-order valence-electron chi connectivity index (χ3n) is 3.24. The predicted molar refractivity (Wildman–Crippen MR) is 88.0 cm³/mol. The summed E-state index contributed by atoms with van der Waals surface area (Å²) >= 11 is 0. The van der Waals surface area contributed by atoms with Gasteiger partial charge in [0.05, 0.1) is 17.1 Å². The fourth-order valence-electron chi connectivity index (χ4n) is 2.03. The summed E-state index contributed by atoms with van der Waals surface area (Å²) in [6.07, 6.45) is -2.73. The predicted octanol–water partition coefficient (Wildman–Crippen LogP) is 2.15. The molecule has 0 saturated heterocycles. The first-order chi connectivity index (χ1) is 11.5. The Labute approximate surface area is 143 Å². The van der Waals surface area contributed by atoms with Crippen molar-refractivity contribution in [2.24, 2.45) is 0 Å². The van der Waals surface area contributed by atoms with Crippen molar-refractivity contribution in [1.29, 1.82) is 0 Å². The van der Waals surface area contributed by atoms with Gasteiger partial charge in [0, 0.05) is 29.2 Å². The fourth-order valence-corrected chi connectivity index (χ4v) is 3.38. The standard InChI is InChI=1S/C15H17F3N4O2S/c1-22(2)9-21-25(23,24)14-6-12(19)3-4-13(14)10-5-11(8-20-7-10)15(16,17)18/h3-8,21H,9,19H2,1-2H3. The van der Waals surface area contributed by atoms with E-state index >= 15 is 0 Å². The van der Waals surface area contributed by atoms with Crippen LogP contribution < -0.4 is 10.5 Å². The molecule has 0 spiro atoms. The molecule has 0 fully saturated rings. The van der Waals surface area contributed by atoms with E-state index in [9.17, 15) is 21.6 Å². The second-order valence-corrected chi connectivity index (χ2v) is 7.34. The molecule has 0 aliphatic heterocycles. The minimum atomic E-state index is -4.58. The van der Waals surface area contributed by atoms with E-state index in [1.165, 1.54) is 24.4 Å². The Kier molecular flexibility index (Phi) is 5.35. The molecule has 2 rings (SSSR count). The SMILES string of the molecule is CN(C)CNS(=O)(=O)c1cc(N)ccc1-c1cncc(C(F)(F)F)c1. The van der Waals surface area contributed by atoms with Crippen LogP contribution in [0.4, 0.5) is 18.9 Å². The van der Waals surface area contributed by atoms with Gasteiger partial charge in [0.15, 0.2) is 0 Å². The highest BCUT2D eigenvalue weighted by Gasteiger charge is 2.31. The first-order valence-corrected chi connectivity index (χ1v) is 8.55. The van der Waals surface area contributed by atoms with Crippen molar-refractivity contribution in [2.75, 3.05) is 26.5 Å². The van der Waals surface area contributed by atoms with Gasteiger partial charge in [0.2, 0.25) is 10.0 Å². The molecule has 0 bridgehead atoms. The number of benzene rings is 1. The molecule has 2 aromatic rings. The third-order valence-corrected chi connectivity index (χ3v) is 4.67. The van der Waals surface area contributed by atoms with E-state index < -0.39 is 21.8 Å². The van der Waals surface area contributed by atoms with Gasteiger partial charge < -0.3 is 5.73 Å². The average Bonchev–Trinajstić information content (AvgIpc) is 2.52. The molecule has 25 heavy (non-hydrogen) atoms. The number of aromatic nitrogens is 1. The number of halogens is 3. The third kappa shape index (κ3) is 4.68. The van der Waals surface area contributed by atoms with Crippen LogP contribution in [0, 0.1) is 0 Å². The number of hydrogen-bond acceptors (Lipinski definition) is 5. The summed E-state index contributed by atoms with van der Waals surface area (Å²) in [6, 6.07) is 4.83. The van der Waals surface area contributed by atoms with E-state index in [1.807, 2.05) is 0 Å². The Bertz CT molecular complexity index is 867. The van der Waals surface area contributed by atoms with Gasteiger partial charge in [0.25, 0.3) is 0 Å². The van der Waals surface area contributed by atoms with Crippen LogP contribution in [-0.4, -0.2) is 39.1 Å². The smallest absolute Gasteiger partial charge is 0.399 e. The maximum absolute atomic E-state index is 12.9. The molecule has 0 saturated carbocycles. The maximum Gasteiger partial charge on any atom is 0.417 e. The van der Waals surface area contributed by atoms with Crippen LogP contribution in [-0.2, 0) is 16.2 Å². The van der Waals surface area contributed by atoms with Gasteiger partial charge in [0.1, 0.15) is 0 Å². The van der Waals surface area contributed by atoms with Crippen LogP contribution in [0.15, 0.2) is 41.6 Å². The van der Waals surface area contributed by atoms with E-state index in [0.29, 0.717) is 6.20 Å². The molecular weight excluding hydrogens is 357 g/mol. The lowest BCUT2D eigenvalue weighted by Gasteiger charge is -2.15. The van der Waals surface area contributed by atoms with E-state index in [2.05, 4.69) is 9.71 Å². The molecule has 0 atom stereocenters. The summed E-state index contributed by atoms with van der Waals surface area (Å²) in [6.45, 7) is 0.0252. The summed E-state index contributed by atoms with van der Waals surface area (Å²) in [4.78, 5) is 4.95. The number of nitrogens with one attached hydrogen (secondary N) is 1. The lowest BCUT2D eigenvalue weighted by molar-refractivity contribution is -0.137. The monoisotopic (exact) mass is 374 g/mol. The number of nitrogens with zero attached hydrogens (tertiary/aromatic N) is 2. The molecule has 6 nitrogen and oxygen atoms in total. The molecule has 0 unspecified atom stereocenters. The highest BCUT2D eigenvalue weighted by molar-refractivity contribution is 7.89. The molecule has 3 N–H and O–H groups in total. The van der Waals surface area contributed by atoms with Crippen LogP contribution >= 0.6 is 0 Å². The van der Waals surface area contributed by atoms with Gasteiger partial charge in [-0.05, 0) is 32.3 Å². The zero-order valence-electron chi connectivity index (χ0n) is 13.5. The van der Waals surface area contributed by atoms with Gasteiger partial charge in [-0.1, -0.05) is 6.07 Å². The van der Waals surface area contributed by atoms with E-state index in [4.69, 9.17) is 5.73 Å². The minimum absolute atomic E-state index is 0.0252. The molecule has 0 radical (unpaired) electrons. The van der Waals surface area contributed by atoms with Crippen molar-refractivity contribution < 1.29 is 21.6 Å². The van der Waals surface area contributed by atoms with Crippen LogP contribution in [0.2, 0.25) is 0 Å². The number of hydrogen-bond donors (Lipinski definition) is 2. The molecule has 1 aromatic heterocycles.